The number of carbonyl (C=O) groups is 1. The van der Waals surface area contributed by atoms with Crippen molar-refractivity contribution < 1.29 is 13.2 Å². The minimum atomic E-state index is -3.33. The zero-order valence-corrected chi connectivity index (χ0v) is 13.5. The van der Waals surface area contributed by atoms with Gasteiger partial charge in [0.1, 0.15) is 0 Å². The van der Waals surface area contributed by atoms with Crippen molar-refractivity contribution in [2.45, 2.75) is 37.4 Å². The molecule has 2 bridgehead atoms. The van der Waals surface area contributed by atoms with E-state index in [1.807, 2.05) is 4.90 Å². The third-order valence-corrected chi connectivity index (χ3v) is 8.83. The molecule has 4 rings (SSSR count). The number of likely N-dealkylation sites (tertiary alicyclic amines) is 1. The molecule has 1 amide bonds. The van der Waals surface area contributed by atoms with E-state index < -0.39 is 14.6 Å². The second-order valence-corrected chi connectivity index (χ2v) is 10.1. The molecule has 0 N–H and O–H groups in total. The Morgan fingerprint density at radius 1 is 1.29 bits per heavy atom. The highest BCUT2D eigenvalue weighted by Crippen LogP contribution is 2.59. The SMILES string of the molecule is C[C@@]12CN(C(=O)C3(S(C)(=O)=O)CCC3)CC1[C@@H]1C=C[C@H]2C1. The second kappa shape index (κ2) is 3.92. The van der Waals surface area contributed by atoms with Crippen molar-refractivity contribution in [3.05, 3.63) is 12.2 Å². The topological polar surface area (TPSA) is 54.5 Å². The third kappa shape index (κ3) is 1.56. The molecule has 0 aromatic carbocycles. The van der Waals surface area contributed by atoms with Gasteiger partial charge in [-0.15, -0.1) is 0 Å². The van der Waals surface area contributed by atoms with Gasteiger partial charge < -0.3 is 4.90 Å². The Morgan fingerprint density at radius 2 is 2.00 bits per heavy atom. The summed E-state index contributed by atoms with van der Waals surface area (Å²) in [4.78, 5) is 14.8. The molecule has 5 heteroatoms. The first-order valence-corrected chi connectivity index (χ1v) is 9.84. The van der Waals surface area contributed by atoms with Crippen LogP contribution in [0.4, 0.5) is 0 Å². The summed E-state index contributed by atoms with van der Waals surface area (Å²) in [7, 11) is -3.33. The van der Waals surface area contributed by atoms with Gasteiger partial charge in [0.05, 0.1) is 0 Å². The molecule has 1 heterocycles. The fourth-order valence-corrected chi connectivity index (χ4v) is 6.73. The van der Waals surface area contributed by atoms with E-state index in [2.05, 4.69) is 19.1 Å². The number of hydrogen-bond donors (Lipinski definition) is 0. The van der Waals surface area contributed by atoms with Crippen molar-refractivity contribution in [2.24, 2.45) is 23.2 Å². The van der Waals surface area contributed by atoms with E-state index in [0.717, 1.165) is 19.5 Å². The van der Waals surface area contributed by atoms with E-state index in [0.29, 0.717) is 30.6 Å². The highest BCUT2D eigenvalue weighted by atomic mass is 32.2. The van der Waals surface area contributed by atoms with Gasteiger partial charge in [-0.25, -0.2) is 8.42 Å². The van der Waals surface area contributed by atoms with Crippen molar-refractivity contribution >= 4 is 15.7 Å². The number of fused-ring (bicyclic) bond motifs is 5. The molecular formula is C16H23NO3S. The molecule has 4 aliphatic rings. The van der Waals surface area contributed by atoms with Crippen LogP contribution in [0.15, 0.2) is 12.2 Å². The molecule has 0 spiro atoms. The summed E-state index contributed by atoms with van der Waals surface area (Å²) >= 11 is 0. The molecule has 1 aliphatic heterocycles. The standard InChI is InChI=1S/C16H23NO3S/c1-15-10-17(9-13(15)11-4-5-12(15)8-11)14(18)16(6-3-7-16)21(2,19)20/h4-5,11-13H,3,6-10H2,1-2H3/t11-,12+,13?,15+/m1/s1. The lowest BCUT2D eigenvalue weighted by Gasteiger charge is -2.41. The number of rotatable bonds is 2. The number of carbonyl (C=O) groups excluding carboxylic acids is 1. The van der Waals surface area contributed by atoms with Crippen molar-refractivity contribution in [3.63, 3.8) is 0 Å². The predicted octanol–water partition coefficient (Wildman–Crippen LogP) is 1.62. The molecule has 4 nitrogen and oxygen atoms in total. The van der Waals surface area contributed by atoms with Gasteiger partial charge in [0, 0.05) is 19.3 Å². The number of allylic oxidation sites excluding steroid dienone is 2. The molecule has 0 aromatic rings. The van der Waals surface area contributed by atoms with Crippen LogP contribution < -0.4 is 0 Å². The molecule has 21 heavy (non-hydrogen) atoms. The van der Waals surface area contributed by atoms with Crippen LogP contribution in [-0.2, 0) is 14.6 Å². The highest BCUT2D eigenvalue weighted by molar-refractivity contribution is 7.93. The van der Waals surface area contributed by atoms with E-state index in [1.165, 1.54) is 12.7 Å². The van der Waals surface area contributed by atoms with E-state index >= 15 is 0 Å². The molecular weight excluding hydrogens is 286 g/mol. The van der Waals surface area contributed by atoms with Crippen LogP contribution >= 0.6 is 0 Å². The maximum Gasteiger partial charge on any atom is 0.244 e. The van der Waals surface area contributed by atoms with Crippen molar-refractivity contribution in [1.82, 2.24) is 4.90 Å². The minimum Gasteiger partial charge on any atom is -0.340 e. The number of amides is 1. The maximum absolute atomic E-state index is 12.9. The minimum absolute atomic E-state index is 0.119. The van der Waals surface area contributed by atoms with Gasteiger partial charge in [0.15, 0.2) is 14.6 Å². The van der Waals surface area contributed by atoms with E-state index in [4.69, 9.17) is 0 Å². The van der Waals surface area contributed by atoms with Gasteiger partial charge in [-0.1, -0.05) is 19.1 Å². The summed E-state index contributed by atoms with van der Waals surface area (Å²) in [6, 6.07) is 0. The summed E-state index contributed by atoms with van der Waals surface area (Å²) in [5, 5.41) is 0. The zero-order chi connectivity index (χ0) is 15.0. The van der Waals surface area contributed by atoms with Crippen LogP contribution in [-0.4, -0.2) is 43.3 Å². The molecule has 3 aliphatic carbocycles. The highest BCUT2D eigenvalue weighted by Gasteiger charge is 2.61. The first-order valence-electron chi connectivity index (χ1n) is 7.95. The Morgan fingerprint density at radius 3 is 2.52 bits per heavy atom. The molecule has 2 saturated carbocycles. The van der Waals surface area contributed by atoms with Gasteiger partial charge in [-0.05, 0) is 48.9 Å². The van der Waals surface area contributed by atoms with Crippen LogP contribution in [0, 0.1) is 23.2 Å². The lowest BCUT2D eigenvalue weighted by Crippen LogP contribution is -2.57. The van der Waals surface area contributed by atoms with Gasteiger partial charge in [-0.2, -0.15) is 0 Å². The maximum atomic E-state index is 12.9. The Labute approximate surface area is 126 Å². The molecule has 4 atom stereocenters. The summed E-state index contributed by atoms with van der Waals surface area (Å²) in [5.74, 6) is 1.56. The Balaban J connectivity index is 1.61. The fraction of sp³-hybridized carbons (Fsp3) is 0.812. The van der Waals surface area contributed by atoms with Gasteiger partial charge in [0.2, 0.25) is 5.91 Å². The average Bonchev–Trinajstić information content (AvgIpc) is 2.93. The monoisotopic (exact) mass is 309 g/mol. The first-order chi connectivity index (χ1) is 9.78. The second-order valence-electron chi connectivity index (χ2n) is 7.81. The Kier molecular flexibility index (Phi) is 2.57. The van der Waals surface area contributed by atoms with Crippen molar-refractivity contribution in [2.75, 3.05) is 19.3 Å². The van der Waals surface area contributed by atoms with Crippen LogP contribution in [0.3, 0.4) is 0 Å². The van der Waals surface area contributed by atoms with E-state index in [1.54, 1.807) is 0 Å². The van der Waals surface area contributed by atoms with Gasteiger partial charge in [0.25, 0.3) is 0 Å². The first kappa shape index (κ1) is 13.8. The smallest absolute Gasteiger partial charge is 0.244 e. The number of nitrogens with zero attached hydrogens (tertiary/aromatic N) is 1. The summed E-state index contributed by atoms with van der Waals surface area (Å²) in [6.07, 6.45) is 8.93. The number of sulfone groups is 1. The van der Waals surface area contributed by atoms with Gasteiger partial charge in [-0.3, -0.25) is 4.79 Å². The molecule has 0 radical (unpaired) electrons. The quantitative estimate of drug-likeness (QED) is 0.729. The normalized spacial score (nSPS) is 43.0. The van der Waals surface area contributed by atoms with Crippen molar-refractivity contribution in [3.8, 4) is 0 Å². The van der Waals surface area contributed by atoms with Crippen LogP contribution in [0.25, 0.3) is 0 Å². The molecule has 1 unspecified atom stereocenters. The third-order valence-electron chi connectivity index (χ3n) is 6.82. The van der Waals surface area contributed by atoms with Crippen LogP contribution in [0.5, 0.6) is 0 Å². The molecule has 3 fully saturated rings. The summed E-state index contributed by atoms with van der Waals surface area (Å²) < 4.78 is 23.2. The van der Waals surface area contributed by atoms with Crippen molar-refractivity contribution in [1.29, 1.82) is 0 Å². The fourth-order valence-electron chi connectivity index (χ4n) is 5.25. The summed E-state index contributed by atoms with van der Waals surface area (Å²) in [6.45, 7) is 3.77. The molecule has 1 saturated heterocycles. The lowest BCUT2D eigenvalue weighted by atomic mass is 9.72. The van der Waals surface area contributed by atoms with Gasteiger partial charge >= 0.3 is 0 Å². The number of hydrogen-bond acceptors (Lipinski definition) is 3. The average molecular weight is 309 g/mol. The molecule has 0 aromatic heterocycles. The largest absolute Gasteiger partial charge is 0.340 e. The Hall–Kier alpha value is -0.840. The molecule has 116 valence electrons. The van der Waals surface area contributed by atoms with E-state index in [-0.39, 0.29) is 11.3 Å². The lowest BCUT2D eigenvalue weighted by molar-refractivity contribution is -0.135. The van der Waals surface area contributed by atoms with Crippen LogP contribution in [0.2, 0.25) is 0 Å². The zero-order valence-electron chi connectivity index (χ0n) is 12.7. The predicted molar refractivity (Wildman–Crippen MR) is 80.3 cm³/mol. The summed E-state index contributed by atoms with van der Waals surface area (Å²) in [5.41, 5.74) is 0.164. The van der Waals surface area contributed by atoms with Crippen LogP contribution in [0.1, 0.15) is 32.6 Å². The van der Waals surface area contributed by atoms with E-state index in [9.17, 15) is 13.2 Å². The Bertz CT molecular complexity index is 634.